The number of carboxylic acid groups (broad SMARTS) is 2. The first-order valence-corrected chi connectivity index (χ1v) is 14.6. The van der Waals surface area contributed by atoms with Crippen molar-refractivity contribution in [3.05, 3.63) is 101 Å². The lowest BCUT2D eigenvalue weighted by atomic mass is 10.00. The Kier molecular flexibility index (Phi) is 12.3. The molecule has 0 fully saturated rings. The number of carboxylic acids is 2. The van der Waals surface area contributed by atoms with Crippen LogP contribution in [0.4, 0.5) is 4.79 Å². The number of aliphatic carboxylic acids is 1. The Morgan fingerprint density at radius 1 is 0.739 bits per heavy atom. The molecule has 46 heavy (non-hydrogen) atoms. The molecule has 0 aromatic heterocycles. The zero-order valence-electron chi connectivity index (χ0n) is 26.1. The van der Waals surface area contributed by atoms with E-state index in [0.29, 0.717) is 5.56 Å². The Morgan fingerprint density at radius 2 is 1.30 bits per heavy atom. The zero-order chi connectivity index (χ0) is 33.9. The second-order valence-electron chi connectivity index (χ2n) is 11.6. The summed E-state index contributed by atoms with van der Waals surface area (Å²) in [5.41, 5.74) is 0.793. The summed E-state index contributed by atoms with van der Waals surface area (Å²) in [6.07, 6.45) is -0.854. The number of nitrogens with one attached hydrogen (secondary N) is 3. The molecule has 0 saturated heterocycles. The van der Waals surface area contributed by atoms with Crippen LogP contribution in [0.5, 0.6) is 5.75 Å². The van der Waals surface area contributed by atoms with Crippen molar-refractivity contribution in [2.24, 2.45) is 0 Å². The van der Waals surface area contributed by atoms with E-state index < -0.39 is 60.2 Å². The van der Waals surface area contributed by atoms with Crippen molar-refractivity contribution in [1.29, 1.82) is 0 Å². The van der Waals surface area contributed by atoms with Crippen LogP contribution >= 0.6 is 0 Å². The van der Waals surface area contributed by atoms with Gasteiger partial charge >= 0.3 is 18.0 Å². The molecule has 3 atom stereocenters. The summed E-state index contributed by atoms with van der Waals surface area (Å²) < 4.78 is 10.5. The van der Waals surface area contributed by atoms with Crippen molar-refractivity contribution in [2.75, 3.05) is 6.61 Å². The van der Waals surface area contributed by atoms with Gasteiger partial charge in [0, 0.05) is 12.8 Å². The molecule has 0 aliphatic carbocycles. The molecule has 12 heteroatoms. The van der Waals surface area contributed by atoms with Gasteiger partial charge in [-0.2, -0.15) is 0 Å². The molecule has 0 radical (unpaired) electrons. The summed E-state index contributed by atoms with van der Waals surface area (Å²) in [7, 11) is 0. The molecule has 3 aromatic rings. The van der Waals surface area contributed by atoms with Crippen LogP contribution in [0.25, 0.3) is 0 Å². The maximum atomic E-state index is 13.8. The van der Waals surface area contributed by atoms with Crippen LogP contribution in [-0.4, -0.2) is 64.4 Å². The largest absolute Gasteiger partial charge is 0.481 e. The molecule has 5 N–H and O–H groups in total. The van der Waals surface area contributed by atoms with Gasteiger partial charge in [0.05, 0.1) is 6.04 Å². The maximum absolute atomic E-state index is 13.8. The van der Waals surface area contributed by atoms with Gasteiger partial charge in [-0.05, 0) is 56.5 Å². The SMILES string of the molecule is CC(NC(=O)C(Cc1ccc(OCC(=O)O)c(C(=O)O)c1)NC(=O)C(Cc1ccccc1)NC(=O)OC(C)(C)C)c1ccccc1. The molecule has 0 heterocycles. The fourth-order valence-corrected chi connectivity index (χ4v) is 4.50. The highest BCUT2D eigenvalue weighted by Crippen LogP contribution is 2.22. The van der Waals surface area contributed by atoms with E-state index in [2.05, 4.69) is 16.0 Å². The highest BCUT2D eigenvalue weighted by Gasteiger charge is 2.30. The summed E-state index contributed by atoms with van der Waals surface area (Å²) in [6, 6.07) is 19.5. The second kappa shape index (κ2) is 16.1. The number of alkyl carbamates (subject to hydrolysis) is 1. The first-order valence-electron chi connectivity index (χ1n) is 14.6. The highest BCUT2D eigenvalue weighted by molar-refractivity contribution is 5.93. The smallest absolute Gasteiger partial charge is 0.408 e. The molecule has 3 amide bonds. The number of amides is 3. The molecule has 0 aliphatic rings. The first kappa shape index (κ1) is 35.1. The van der Waals surface area contributed by atoms with E-state index in [4.69, 9.17) is 14.6 Å². The lowest BCUT2D eigenvalue weighted by Gasteiger charge is -2.26. The van der Waals surface area contributed by atoms with Crippen molar-refractivity contribution < 1.29 is 43.7 Å². The summed E-state index contributed by atoms with van der Waals surface area (Å²) >= 11 is 0. The van der Waals surface area contributed by atoms with Gasteiger partial charge in [0.15, 0.2) is 6.61 Å². The normalized spacial score (nSPS) is 13.0. The number of benzene rings is 3. The first-order chi connectivity index (χ1) is 21.7. The zero-order valence-corrected chi connectivity index (χ0v) is 26.1. The minimum atomic E-state index is -1.37. The summed E-state index contributed by atoms with van der Waals surface area (Å²) in [5.74, 6) is -4.02. The Balaban J connectivity index is 1.92. The molecule has 3 unspecified atom stereocenters. The fraction of sp³-hybridized carbons (Fsp3) is 0.324. The lowest BCUT2D eigenvalue weighted by Crippen LogP contribution is -2.55. The van der Waals surface area contributed by atoms with Gasteiger partial charge in [-0.1, -0.05) is 66.7 Å². The third-order valence-electron chi connectivity index (χ3n) is 6.65. The Morgan fingerprint density at radius 3 is 1.89 bits per heavy atom. The second-order valence-corrected chi connectivity index (χ2v) is 11.6. The predicted octanol–water partition coefficient (Wildman–Crippen LogP) is 3.89. The number of hydrogen-bond acceptors (Lipinski definition) is 7. The van der Waals surface area contributed by atoms with Crippen molar-refractivity contribution in [2.45, 2.75) is 64.3 Å². The van der Waals surface area contributed by atoms with E-state index in [9.17, 15) is 29.1 Å². The number of carbonyl (C=O) groups excluding carboxylic acids is 3. The van der Waals surface area contributed by atoms with Crippen LogP contribution in [-0.2, 0) is 32.0 Å². The van der Waals surface area contributed by atoms with Crippen LogP contribution in [0.15, 0.2) is 78.9 Å². The standard InChI is InChI=1S/C34H39N3O9/c1-21(24-13-9-6-10-14-24)35-30(40)26(19-23-15-16-28(45-20-29(38)39)25(17-23)32(42)43)36-31(41)27(18-22-11-7-5-8-12-22)37-33(44)46-34(2,3)4/h5-17,21,26-27H,18-20H2,1-4H3,(H,35,40)(H,36,41)(H,37,44)(H,38,39)(H,42,43). The summed E-state index contributed by atoms with van der Waals surface area (Å²) in [4.78, 5) is 63.0. The molecule has 12 nitrogen and oxygen atoms in total. The van der Waals surface area contributed by atoms with Crippen LogP contribution < -0.4 is 20.7 Å². The van der Waals surface area contributed by atoms with E-state index in [0.717, 1.165) is 11.1 Å². The van der Waals surface area contributed by atoms with Gasteiger partial charge in [-0.3, -0.25) is 9.59 Å². The summed E-state index contributed by atoms with van der Waals surface area (Å²) in [5, 5.41) is 26.9. The third kappa shape index (κ3) is 11.3. The fourth-order valence-electron chi connectivity index (χ4n) is 4.50. The van der Waals surface area contributed by atoms with E-state index in [1.54, 1.807) is 52.0 Å². The quantitative estimate of drug-likeness (QED) is 0.176. The predicted molar refractivity (Wildman–Crippen MR) is 168 cm³/mol. The summed E-state index contributed by atoms with van der Waals surface area (Å²) in [6.45, 7) is 6.11. The van der Waals surface area contributed by atoms with Crippen molar-refractivity contribution in [1.82, 2.24) is 16.0 Å². The van der Waals surface area contributed by atoms with Crippen molar-refractivity contribution in [3.63, 3.8) is 0 Å². The van der Waals surface area contributed by atoms with Crippen LogP contribution in [0.1, 0.15) is 60.8 Å². The molecule has 0 spiro atoms. The van der Waals surface area contributed by atoms with E-state index in [-0.39, 0.29) is 24.2 Å². The highest BCUT2D eigenvalue weighted by atomic mass is 16.6. The van der Waals surface area contributed by atoms with Gasteiger partial charge in [-0.15, -0.1) is 0 Å². The average Bonchev–Trinajstić information content (AvgIpc) is 2.99. The molecular weight excluding hydrogens is 594 g/mol. The lowest BCUT2D eigenvalue weighted by molar-refractivity contribution is -0.139. The molecule has 0 aliphatic heterocycles. The minimum absolute atomic E-state index is 0.0967. The molecule has 0 saturated carbocycles. The van der Waals surface area contributed by atoms with Crippen LogP contribution in [0.2, 0.25) is 0 Å². The van der Waals surface area contributed by atoms with Crippen LogP contribution in [0.3, 0.4) is 0 Å². The number of aromatic carboxylic acids is 1. The Hall–Kier alpha value is -5.39. The molecule has 0 bridgehead atoms. The van der Waals surface area contributed by atoms with Gasteiger partial charge in [0.1, 0.15) is 29.0 Å². The monoisotopic (exact) mass is 633 g/mol. The average molecular weight is 634 g/mol. The Bertz CT molecular complexity index is 1520. The van der Waals surface area contributed by atoms with Crippen LogP contribution in [0, 0.1) is 0 Å². The number of rotatable bonds is 14. The maximum Gasteiger partial charge on any atom is 0.408 e. The molecule has 244 valence electrons. The molecular formula is C34H39N3O9. The number of carbonyl (C=O) groups is 5. The van der Waals surface area contributed by atoms with E-state index >= 15 is 0 Å². The van der Waals surface area contributed by atoms with Gasteiger partial charge in [-0.25, -0.2) is 14.4 Å². The van der Waals surface area contributed by atoms with E-state index in [1.807, 2.05) is 36.4 Å². The molecule has 3 rings (SSSR count). The third-order valence-corrected chi connectivity index (χ3v) is 6.65. The Labute approximate surface area is 267 Å². The topological polar surface area (TPSA) is 180 Å². The van der Waals surface area contributed by atoms with Gasteiger partial charge in [0.25, 0.3) is 0 Å². The number of ether oxygens (including phenoxy) is 2. The number of hydrogen-bond donors (Lipinski definition) is 5. The van der Waals surface area contributed by atoms with Crippen molar-refractivity contribution in [3.8, 4) is 5.75 Å². The van der Waals surface area contributed by atoms with Crippen molar-refractivity contribution >= 4 is 29.8 Å². The minimum Gasteiger partial charge on any atom is -0.481 e. The van der Waals surface area contributed by atoms with Gasteiger partial charge < -0.3 is 35.6 Å². The molecule has 3 aromatic carbocycles. The van der Waals surface area contributed by atoms with E-state index in [1.165, 1.54) is 18.2 Å². The van der Waals surface area contributed by atoms with Gasteiger partial charge in [0.2, 0.25) is 11.8 Å².